The van der Waals surface area contributed by atoms with Gasteiger partial charge in [0.25, 0.3) is 0 Å². The number of methoxy groups -OCH3 is 1. The van der Waals surface area contributed by atoms with Crippen LogP contribution in [0.3, 0.4) is 0 Å². The Hall–Kier alpha value is -2.70. The first-order chi connectivity index (χ1) is 16.5. The highest BCUT2D eigenvalue weighted by Crippen LogP contribution is 2.34. The number of carbonyl (C=O) groups excluding carboxylic acids is 1. The topological polar surface area (TPSA) is 26.3 Å². The second-order valence-corrected chi connectivity index (χ2v) is 11.4. The fourth-order valence-electron chi connectivity index (χ4n) is 4.61. The van der Waals surface area contributed by atoms with Crippen molar-refractivity contribution < 1.29 is 38.0 Å². The fourth-order valence-corrected chi connectivity index (χ4v) is 4.61. The van der Waals surface area contributed by atoms with Crippen LogP contribution in [-0.4, -0.2) is 38.7 Å². The van der Waals surface area contributed by atoms with Crippen molar-refractivity contribution in [2.45, 2.75) is 32.7 Å². The van der Waals surface area contributed by atoms with Gasteiger partial charge in [-0.25, -0.2) is 4.79 Å². The Morgan fingerprint density at radius 2 is 1.47 bits per heavy atom. The third kappa shape index (κ3) is 6.16. The van der Waals surface area contributed by atoms with Crippen molar-refractivity contribution in [3.05, 3.63) is 95.6 Å². The molecule has 0 aromatic heterocycles. The van der Waals surface area contributed by atoms with Gasteiger partial charge < -0.3 is 33.2 Å². The van der Waals surface area contributed by atoms with Crippen LogP contribution in [-0.2, 0) is 16.7 Å². The molecule has 0 amide bonds. The monoisotopic (exact) mass is 593 g/mol. The Morgan fingerprint density at radius 3 is 2.08 bits per heavy atom. The summed E-state index contributed by atoms with van der Waals surface area (Å²) in [5.41, 5.74) is 7.95. The van der Waals surface area contributed by atoms with E-state index in [1.807, 2.05) is 18.2 Å². The highest BCUT2D eigenvalue weighted by molar-refractivity contribution is 5.99. The lowest BCUT2D eigenvalue weighted by atomic mass is 9.86. The Kier molecular flexibility index (Phi) is 8.31. The van der Waals surface area contributed by atoms with Gasteiger partial charge in [-0.05, 0) is 62.2 Å². The number of esters is 1. The number of hydrogen-bond acceptors (Lipinski definition) is 2. The molecule has 0 aliphatic heterocycles. The van der Waals surface area contributed by atoms with E-state index in [0.29, 0.717) is 5.56 Å². The predicted octanol–water partition coefficient (Wildman–Crippen LogP) is 4.47. The molecule has 0 bridgehead atoms. The molecule has 0 unspecified atom stereocenters. The number of rotatable bonds is 5. The number of fused-ring (bicyclic) bond motifs is 1. The molecular weight excluding hydrogens is 557 g/mol. The maximum absolute atomic E-state index is 12.2. The maximum Gasteiger partial charge on any atom is 0.337 e. The molecule has 4 aromatic rings. The van der Waals surface area contributed by atoms with Crippen LogP contribution in [0.5, 0.6) is 0 Å². The van der Waals surface area contributed by atoms with Crippen molar-refractivity contribution in [3.8, 4) is 22.3 Å². The van der Waals surface area contributed by atoms with E-state index in [1.54, 1.807) is 0 Å². The van der Waals surface area contributed by atoms with Gasteiger partial charge in [0, 0.05) is 5.56 Å². The van der Waals surface area contributed by atoms with E-state index in [9.17, 15) is 4.79 Å². The van der Waals surface area contributed by atoms with Crippen LogP contribution in [0.2, 0.25) is 0 Å². The summed E-state index contributed by atoms with van der Waals surface area (Å²) in [6.07, 6.45) is 0. The van der Waals surface area contributed by atoms with Crippen LogP contribution in [0.25, 0.3) is 33.0 Å². The Balaban J connectivity index is 0.00000361. The van der Waals surface area contributed by atoms with E-state index in [1.165, 1.54) is 34.6 Å². The Morgan fingerprint density at radius 1 is 0.806 bits per heavy atom. The molecule has 0 aliphatic rings. The lowest BCUT2D eigenvalue weighted by Crippen LogP contribution is -3.00. The quantitative estimate of drug-likeness (QED) is 0.194. The van der Waals surface area contributed by atoms with Gasteiger partial charge in [-0.3, -0.25) is 0 Å². The van der Waals surface area contributed by atoms with Gasteiger partial charge in [0.15, 0.2) is 0 Å². The summed E-state index contributed by atoms with van der Waals surface area (Å²) in [5, 5.41) is 2.44. The Bertz CT molecular complexity index is 1380. The predicted molar refractivity (Wildman–Crippen MR) is 147 cm³/mol. The van der Waals surface area contributed by atoms with E-state index < -0.39 is 0 Å². The van der Waals surface area contributed by atoms with Crippen molar-refractivity contribution >= 4 is 16.7 Å². The zero-order valence-electron chi connectivity index (χ0n) is 22.4. The molecule has 0 saturated carbocycles. The summed E-state index contributed by atoms with van der Waals surface area (Å²) < 4.78 is 5.73. The Labute approximate surface area is 232 Å². The van der Waals surface area contributed by atoms with Gasteiger partial charge in [0.05, 0.1) is 33.8 Å². The smallest absolute Gasteiger partial charge is 0.337 e. The number of carbonyl (C=O) groups is 1. The van der Waals surface area contributed by atoms with E-state index in [0.717, 1.165) is 27.7 Å². The number of quaternary nitrogens is 1. The van der Waals surface area contributed by atoms with Crippen molar-refractivity contribution in [2.75, 3.05) is 28.3 Å². The maximum atomic E-state index is 12.2. The third-order valence-corrected chi connectivity index (χ3v) is 6.42. The minimum absolute atomic E-state index is 0. The minimum atomic E-state index is -0.306. The molecular formula is C32H36INO2. The average molecular weight is 594 g/mol. The molecule has 0 atom stereocenters. The second-order valence-electron chi connectivity index (χ2n) is 11.4. The van der Waals surface area contributed by atoms with Crippen LogP contribution in [0, 0.1) is 0 Å². The van der Waals surface area contributed by atoms with Gasteiger partial charge in [0.1, 0.15) is 6.54 Å². The standard InChI is InChI=1S/C32H36NO2.HI/c1-32(2,3)27-15-11-22(12-16-27)29-10-8-9-23-19-24(13-18-30(23)29)28-17-14-25(31(34)35-7)20-26(28)21-33(4,5)6;/h8-20H,21H2,1-7H3;1H/q+1;/p-1. The van der Waals surface area contributed by atoms with Crippen molar-refractivity contribution in [1.29, 1.82) is 0 Å². The lowest BCUT2D eigenvalue weighted by Gasteiger charge is -2.25. The van der Waals surface area contributed by atoms with E-state index in [2.05, 4.69) is 103 Å². The lowest BCUT2D eigenvalue weighted by molar-refractivity contribution is -0.883. The number of ether oxygens (including phenoxy) is 1. The molecule has 0 saturated heterocycles. The van der Waals surface area contributed by atoms with Crippen molar-refractivity contribution in [1.82, 2.24) is 0 Å². The van der Waals surface area contributed by atoms with Crippen LogP contribution in [0.4, 0.5) is 0 Å². The first kappa shape index (κ1) is 27.9. The molecule has 36 heavy (non-hydrogen) atoms. The van der Waals surface area contributed by atoms with Crippen molar-refractivity contribution in [3.63, 3.8) is 0 Å². The summed E-state index contributed by atoms with van der Waals surface area (Å²) in [6, 6.07) is 28.0. The zero-order chi connectivity index (χ0) is 25.4. The van der Waals surface area contributed by atoms with E-state index >= 15 is 0 Å². The summed E-state index contributed by atoms with van der Waals surface area (Å²) >= 11 is 0. The van der Waals surface area contributed by atoms with Gasteiger partial charge in [-0.1, -0.05) is 81.4 Å². The fraction of sp³-hybridized carbons (Fsp3) is 0.281. The summed E-state index contributed by atoms with van der Waals surface area (Å²) in [7, 11) is 7.90. The summed E-state index contributed by atoms with van der Waals surface area (Å²) in [6.45, 7) is 7.53. The zero-order valence-corrected chi connectivity index (χ0v) is 24.5. The number of nitrogens with zero attached hydrogens (tertiary/aromatic N) is 1. The first-order valence-corrected chi connectivity index (χ1v) is 12.1. The van der Waals surface area contributed by atoms with Gasteiger partial charge in [0.2, 0.25) is 0 Å². The van der Waals surface area contributed by atoms with Gasteiger partial charge in [-0.2, -0.15) is 0 Å². The molecule has 0 fully saturated rings. The molecule has 0 aliphatic carbocycles. The SMILES string of the molecule is COC(=O)c1ccc(-c2ccc3c(-c4ccc(C(C)(C)C)cc4)cccc3c2)c(C[N+](C)(C)C)c1.[I-]. The molecule has 4 aromatic carbocycles. The summed E-state index contributed by atoms with van der Waals surface area (Å²) in [4.78, 5) is 12.2. The summed E-state index contributed by atoms with van der Waals surface area (Å²) in [5.74, 6) is -0.306. The van der Waals surface area contributed by atoms with Crippen LogP contribution < -0.4 is 24.0 Å². The largest absolute Gasteiger partial charge is 1.00 e. The molecule has 0 spiro atoms. The van der Waals surface area contributed by atoms with Crippen LogP contribution >= 0.6 is 0 Å². The normalized spacial score (nSPS) is 11.8. The molecule has 188 valence electrons. The molecule has 4 rings (SSSR count). The average Bonchev–Trinajstić information content (AvgIpc) is 2.81. The molecule has 0 heterocycles. The van der Waals surface area contributed by atoms with Gasteiger partial charge in [-0.15, -0.1) is 0 Å². The van der Waals surface area contributed by atoms with Crippen LogP contribution in [0.15, 0.2) is 78.9 Å². The molecule has 0 radical (unpaired) electrons. The van der Waals surface area contributed by atoms with E-state index in [-0.39, 0.29) is 35.4 Å². The number of halogens is 1. The molecule has 3 nitrogen and oxygen atoms in total. The van der Waals surface area contributed by atoms with E-state index in [4.69, 9.17) is 4.74 Å². The molecule has 0 N–H and O–H groups in total. The van der Waals surface area contributed by atoms with Crippen LogP contribution in [0.1, 0.15) is 42.3 Å². The highest BCUT2D eigenvalue weighted by atomic mass is 127. The molecule has 4 heteroatoms. The minimum Gasteiger partial charge on any atom is -1.00 e. The number of benzene rings is 4. The van der Waals surface area contributed by atoms with Crippen molar-refractivity contribution in [2.24, 2.45) is 0 Å². The van der Waals surface area contributed by atoms with Gasteiger partial charge >= 0.3 is 5.97 Å². The highest BCUT2D eigenvalue weighted by Gasteiger charge is 2.18. The first-order valence-electron chi connectivity index (χ1n) is 12.1. The third-order valence-electron chi connectivity index (χ3n) is 6.42. The number of hydrogen-bond donors (Lipinski definition) is 0. The second kappa shape index (κ2) is 10.7.